The van der Waals surface area contributed by atoms with Crippen LogP contribution < -0.4 is 26.2 Å². The maximum Gasteiger partial charge on any atom is 0.252 e. The minimum absolute atomic E-state index is 0.0741. The van der Waals surface area contributed by atoms with Gasteiger partial charge < -0.3 is 18.9 Å². The number of nitrogens with zero attached hydrogens (tertiary/aromatic N) is 5. The van der Waals surface area contributed by atoms with Crippen LogP contribution in [0.5, 0.6) is 0 Å². The van der Waals surface area contributed by atoms with Gasteiger partial charge in [-0.05, 0) is 191 Å². The number of hydrogen-bond acceptors (Lipinski definition) is 3. The van der Waals surface area contributed by atoms with Crippen LogP contribution in [0.25, 0.3) is 111 Å². The molecular weight excluding hydrogens is 1290 g/mol. The molecule has 4 heterocycles. The van der Waals surface area contributed by atoms with E-state index in [1.807, 2.05) is 12.1 Å². The molecule has 6 heteroatoms. The normalized spacial score (nSPS) is 13.0. The predicted octanol–water partition coefficient (Wildman–Crippen LogP) is 25.4. The van der Waals surface area contributed by atoms with Crippen molar-refractivity contribution in [1.29, 1.82) is 5.26 Å². The molecule has 518 valence electrons. The molecule has 0 atom stereocenters. The molecule has 0 N–H and O–H groups in total. The van der Waals surface area contributed by atoms with E-state index in [1.165, 1.54) is 60.2 Å². The lowest BCUT2D eigenvalue weighted by atomic mass is 9.33. The van der Waals surface area contributed by atoms with E-state index in [9.17, 15) is 5.26 Å². The van der Waals surface area contributed by atoms with Crippen LogP contribution in [0.15, 0.2) is 303 Å². The first kappa shape index (κ1) is 66.8. The van der Waals surface area contributed by atoms with Crippen molar-refractivity contribution in [3.63, 3.8) is 0 Å². The SMILES string of the molecule is CC(C)(C)c1ccc2c(c1)c1cc(C(C)(C)C)ccc1n2-c1ccc2c(c1)N(c1c(-c3ccccc3)cccc1-c1ccccc1)c1cc(-c3cccc(C#N)c3)cc3c1B2c1ccc(-n2c4ccc(C(C)(C)C)cc4c4cc(C(C)(C)C)ccc42)cc1N3c1c(-c2ccccc2)cccc1-c1ccccc1. The van der Waals surface area contributed by atoms with Crippen molar-refractivity contribution in [2.75, 3.05) is 9.80 Å². The third kappa shape index (κ3) is 11.2. The lowest BCUT2D eigenvalue weighted by molar-refractivity contribution is 0.590. The van der Waals surface area contributed by atoms with E-state index in [4.69, 9.17) is 0 Å². The molecule has 14 aromatic carbocycles. The number of para-hydroxylation sites is 2. The van der Waals surface area contributed by atoms with Gasteiger partial charge in [0.05, 0.1) is 45.1 Å². The number of hydrogen-bond donors (Lipinski definition) is 0. The summed E-state index contributed by atoms with van der Waals surface area (Å²) in [6, 6.07) is 117. The Kier molecular flexibility index (Phi) is 15.6. The highest BCUT2D eigenvalue weighted by molar-refractivity contribution is 7.00. The Labute approximate surface area is 630 Å². The zero-order valence-corrected chi connectivity index (χ0v) is 63.2. The zero-order chi connectivity index (χ0) is 73.6. The quantitative estimate of drug-likeness (QED) is 0.135. The van der Waals surface area contributed by atoms with Crippen LogP contribution in [0.4, 0.5) is 34.1 Å². The monoisotopic (exact) mass is 1380 g/mol. The Balaban J connectivity index is 1.02. The van der Waals surface area contributed by atoms with E-state index in [1.54, 1.807) is 0 Å². The Morgan fingerprint density at radius 3 is 0.888 bits per heavy atom. The molecule has 0 saturated heterocycles. The van der Waals surface area contributed by atoms with Crippen molar-refractivity contribution in [2.24, 2.45) is 0 Å². The van der Waals surface area contributed by atoms with E-state index in [0.717, 1.165) is 123 Å². The first-order chi connectivity index (χ1) is 51.6. The molecule has 0 amide bonds. The van der Waals surface area contributed by atoms with Gasteiger partial charge in [-0.3, -0.25) is 0 Å². The van der Waals surface area contributed by atoms with Gasteiger partial charge in [0.1, 0.15) is 0 Å². The van der Waals surface area contributed by atoms with Crippen molar-refractivity contribution in [2.45, 2.75) is 105 Å². The Morgan fingerprint density at radius 2 is 0.579 bits per heavy atom. The largest absolute Gasteiger partial charge is 0.310 e. The fourth-order valence-corrected chi connectivity index (χ4v) is 17.1. The van der Waals surface area contributed by atoms with Crippen molar-refractivity contribution in [3.8, 4) is 73.1 Å². The molecule has 2 aliphatic rings. The summed E-state index contributed by atoms with van der Waals surface area (Å²) in [6.45, 7) is 27.5. The molecule has 2 aliphatic heterocycles. The van der Waals surface area contributed by atoms with Crippen molar-refractivity contribution in [1.82, 2.24) is 9.13 Å². The van der Waals surface area contributed by atoms with Gasteiger partial charge in [-0.15, -0.1) is 0 Å². The van der Waals surface area contributed by atoms with Crippen LogP contribution in [0.1, 0.15) is 111 Å². The number of aromatic nitrogens is 2. The van der Waals surface area contributed by atoms with Crippen molar-refractivity contribution >= 4 is 101 Å². The standard InChI is InChI=1S/C101H86BN5/c1-98(2,3)71-42-50-87-81(57-71)82-58-72(99(4,5)6)43-51-88(82)104(87)75-46-48-85-91(61-75)106(96-77(65-29-17-13-18-30-65)38-26-39-78(96)66-31-19-14-20-32-66)93-55-70(69-37-25-28-64(54-69)63-103)56-94-95(93)102(85)86-49-47-76(105-89-52-44-73(100(7,8)9)59-83(89)84-60-74(101(10,11)12)45-53-90(84)105)62-92(86)107(94)97-79(67-33-21-15-22-34-67)40-27-41-80(97)68-35-23-16-24-36-68/h13-62H,1-12H3. The van der Waals surface area contributed by atoms with E-state index in [0.29, 0.717) is 5.56 Å². The average Bonchev–Trinajstić information content (AvgIpc) is 1.01. The molecule has 0 radical (unpaired) electrons. The molecule has 0 spiro atoms. The molecule has 107 heavy (non-hydrogen) atoms. The number of nitriles is 1. The fraction of sp³-hybridized carbons (Fsp3) is 0.158. The zero-order valence-electron chi connectivity index (χ0n) is 63.2. The van der Waals surface area contributed by atoms with Crippen LogP contribution in [0.2, 0.25) is 0 Å². The molecule has 16 aromatic rings. The molecule has 0 bridgehead atoms. The minimum atomic E-state index is -0.308. The van der Waals surface area contributed by atoms with Gasteiger partial charge in [0.25, 0.3) is 6.71 Å². The second-order valence-corrected chi connectivity index (χ2v) is 33.7. The topological polar surface area (TPSA) is 40.1 Å². The molecule has 0 unspecified atom stereocenters. The first-order valence-electron chi connectivity index (χ1n) is 37.8. The highest BCUT2D eigenvalue weighted by Crippen LogP contribution is 2.55. The molecule has 5 nitrogen and oxygen atoms in total. The molecule has 18 rings (SSSR count). The van der Waals surface area contributed by atoms with Gasteiger partial charge in [-0.25, -0.2) is 0 Å². The van der Waals surface area contributed by atoms with Gasteiger partial charge >= 0.3 is 0 Å². The van der Waals surface area contributed by atoms with Gasteiger partial charge in [0, 0.05) is 77.9 Å². The number of fused-ring (bicyclic) bond motifs is 10. The number of rotatable bonds is 9. The Bertz CT molecular complexity index is 5690. The summed E-state index contributed by atoms with van der Waals surface area (Å²) < 4.78 is 5.06. The van der Waals surface area contributed by atoms with Gasteiger partial charge in [-0.2, -0.15) is 5.26 Å². The van der Waals surface area contributed by atoms with Gasteiger partial charge in [0.15, 0.2) is 0 Å². The maximum absolute atomic E-state index is 10.9. The second kappa shape index (κ2) is 25.0. The Hall–Kier alpha value is -12.2. The van der Waals surface area contributed by atoms with Crippen LogP contribution in [-0.2, 0) is 21.7 Å². The highest BCUT2D eigenvalue weighted by Gasteiger charge is 2.46. The summed E-state index contributed by atoms with van der Waals surface area (Å²) >= 11 is 0. The third-order valence-corrected chi connectivity index (χ3v) is 22.7. The summed E-state index contributed by atoms with van der Waals surface area (Å²) in [5, 5.41) is 15.9. The molecular formula is C101H86BN5. The number of anilines is 6. The average molecular weight is 1380 g/mol. The smallest absolute Gasteiger partial charge is 0.252 e. The summed E-state index contributed by atoms with van der Waals surface area (Å²) in [7, 11) is 0. The van der Waals surface area contributed by atoms with Crippen LogP contribution in [0, 0.1) is 11.3 Å². The summed E-state index contributed by atoms with van der Waals surface area (Å²) in [5.41, 5.74) is 32.9. The van der Waals surface area contributed by atoms with Crippen LogP contribution in [-0.4, -0.2) is 15.8 Å². The molecule has 2 aromatic heterocycles. The third-order valence-electron chi connectivity index (χ3n) is 22.7. The van der Waals surface area contributed by atoms with Crippen LogP contribution >= 0.6 is 0 Å². The lowest BCUT2D eigenvalue weighted by Gasteiger charge is -2.46. The predicted molar refractivity (Wildman–Crippen MR) is 456 cm³/mol. The van der Waals surface area contributed by atoms with E-state index < -0.39 is 0 Å². The van der Waals surface area contributed by atoms with Crippen LogP contribution in [0.3, 0.4) is 0 Å². The first-order valence-corrected chi connectivity index (χ1v) is 37.8. The molecule has 0 saturated carbocycles. The lowest BCUT2D eigenvalue weighted by Crippen LogP contribution is -2.61. The summed E-state index contributed by atoms with van der Waals surface area (Å²) in [4.78, 5) is 5.29. The number of benzene rings is 14. The van der Waals surface area contributed by atoms with E-state index in [-0.39, 0.29) is 28.4 Å². The molecule has 0 fully saturated rings. The Morgan fingerprint density at radius 1 is 0.271 bits per heavy atom. The highest BCUT2D eigenvalue weighted by atomic mass is 15.2. The van der Waals surface area contributed by atoms with Gasteiger partial charge in [-0.1, -0.05) is 289 Å². The molecule has 0 aliphatic carbocycles. The maximum atomic E-state index is 10.9. The van der Waals surface area contributed by atoms with Crippen molar-refractivity contribution < 1.29 is 0 Å². The van der Waals surface area contributed by atoms with Crippen molar-refractivity contribution in [3.05, 3.63) is 331 Å². The van der Waals surface area contributed by atoms with Gasteiger partial charge in [0.2, 0.25) is 0 Å². The second-order valence-electron chi connectivity index (χ2n) is 33.7. The van der Waals surface area contributed by atoms with E-state index >= 15 is 0 Å². The summed E-state index contributed by atoms with van der Waals surface area (Å²) in [6.07, 6.45) is 0. The minimum Gasteiger partial charge on any atom is -0.310 e. The summed E-state index contributed by atoms with van der Waals surface area (Å²) in [5.74, 6) is 0. The fourth-order valence-electron chi connectivity index (χ4n) is 17.1. The van der Waals surface area contributed by atoms with E-state index in [2.05, 4.69) is 399 Å².